The second kappa shape index (κ2) is 9.21. The first kappa shape index (κ1) is 20.4. The largest absolute Gasteiger partial charge is 0.362 e. The standard InChI is InChI=1S/C20H25ClN6S/c1-14-7-4-5-8-17(14)12-26-13-18(11-23-26)24-20(28)22-9-6-10-27-16(3)19(21)15(2)25-27/h4-5,7-8,11,13H,6,9-10,12H2,1-3H3,(H2,22,24,28). The van der Waals surface area contributed by atoms with Gasteiger partial charge < -0.3 is 10.6 Å². The zero-order valence-electron chi connectivity index (χ0n) is 16.4. The van der Waals surface area contributed by atoms with E-state index in [1.807, 2.05) is 41.5 Å². The molecule has 0 saturated heterocycles. The third-order valence-electron chi connectivity index (χ3n) is 4.61. The van der Waals surface area contributed by atoms with E-state index in [9.17, 15) is 0 Å². The predicted octanol–water partition coefficient (Wildman–Crippen LogP) is 4.08. The fourth-order valence-corrected chi connectivity index (χ4v) is 3.33. The van der Waals surface area contributed by atoms with Gasteiger partial charge in [0, 0.05) is 19.3 Å². The van der Waals surface area contributed by atoms with Crippen LogP contribution < -0.4 is 10.6 Å². The molecule has 0 fully saturated rings. The van der Waals surface area contributed by atoms with Crippen molar-refractivity contribution in [2.75, 3.05) is 11.9 Å². The molecule has 2 heterocycles. The molecular formula is C20H25ClN6S. The van der Waals surface area contributed by atoms with Crippen LogP contribution in [-0.4, -0.2) is 31.2 Å². The van der Waals surface area contributed by atoms with Crippen LogP contribution in [0.2, 0.25) is 5.02 Å². The van der Waals surface area contributed by atoms with Crippen molar-refractivity contribution >= 4 is 34.6 Å². The van der Waals surface area contributed by atoms with Crippen LogP contribution in [0.25, 0.3) is 0 Å². The Balaban J connectivity index is 1.43. The molecule has 28 heavy (non-hydrogen) atoms. The zero-order valence-corrected chi connectivity index (χ0v) is 17.9. The smallest absolute Gasteiger partial charge is 0.170 e. The van der Waals surface area contributed by atoms with Crippen molar-refractivity contribution in [3.63, 3.8) is 0 Å². The predicted molar refractivity (Wildman–Crippen MR) is 118 cm³/mol. The Hall–Kier alpha value is -2.38. The van der Waals surface area contributed by atoms with E-state index in [2.05, 4.69) is 39.9 Å². The number of benzene rings is 1. The summed E-state index contributed by atoms with van der Waals surface area (Å²) in [6.07, 6.45) is 4.63. The van der Waals surface area contributed by atoms with Crippen LogP contribution in [-0.2, 0) is 13.1 Å². The minimum absolute atomic E-state index is 0.585. The summed E-state index contributed by atoms with van der Waals surface area (Å²) >= 11 is 11.5. The molecule has 0 unspecified atom stereocenters. The second-order valence-electron chi connectivity index (χ2n) is 6.80. The number of hydrogen-bond donors (Lipinski definition) is 2. The highest BCUT2D eigenvalue weighted by atomic mass is 35.5. The van der Waals surface area contributed by atoms with E-state index < -0.39 is 0 Å². The van der Waals surface area contributed by atoms with E-state index in [-0.39, 0.29) is 0 Å². The quantitative estimate of drug-likeness (QED) is 0.449. The monoisotopic (exact) mass is 416 g/mol. The topological polar surface area (TPSA) is 59.7 Å². The lowest BCUT2D eigenvalue weighted by Crippen LogP contribution is -2.29. The Kier molecular flexibility index (Phi) is 6.70. The van der Waals surface area contributed by atoms with Crippen molar-refractivity contribution in [1.82, 2.24) is 24.9 Å². The normalized spacial score (nSPS) is 10.9. The van der Waals surface area contributed by atoms with Crippen molar-refractivity contribution in [3.05, 3.63) is 64.2 Å². The van der Waals surface area contributed by atoms with Gasteiger partial charge in [-0.15, -0.1) is 0 Å². The molecule has 2 N–H and O–H groups in total. The van der Waals surface area contributed by atoms with Gasteiger partial charge in [0.15, 0.2) is 5.11 Å². The van der Waals surface area contributed by atoms with Crippen molar-refractivity contribution < 1.29 is 0 Å². The Morgan fingerprint density at radius 3 is 2.71 bits per heavy atom. The SMILES string of the molecule is Cc1ccccc1Cn1cc(NC(=S)NCCCn2nc(C)c(Cl)c2C)cn1. The number of halogens is 1. The van der Waals surface area contributed by atoms with Gasteiger partial charge >= 0.3 is 0 Å². The number of hydrogen-bond acceptors (Lipinski definition) is 3. The summed E-state index contributed by atoms with van der Waals surface area (Å²) in [5.41, 5.74) is 5.25. The molecular weight excluding hydrogens is 392 g/mol. The maximum absolute atomic E-state index is 6.18. The molecule has 0 bridgehead atoms. The van der Waals surface area contributed by atoms with Crippen molar-refractivity contribution in [2.45, 2.75) is 40.3 Å². The van der Waals surface area contributed by atoms with Crippen LogP contribution in [0.1, 0.15) is 28.9 Å². The lowest BCUT2D eigenvalue weighted by atomic mass is 10.1. The van der Waals surface area contributed by atoms with Gasteiger partial charge in [0.2, 0.25) is 0 Å². The Bertz CT molecular complexity index is 962. The molecule has 1 aromatic carbocycles. The van der Waals surface area contributed by atoms with Gasteiger partial charge in [-0.2, -0.15) is 10.2 Å². The summed E-state index contributed by atoms with van der Waals surface area (Å²) in [6, 6.07) is 8.32. The van der Waals surface area contributed by atoms with Crippen LogP contribution >= 0.6 is 23.8 Å². The third-order valence-corrected chi connectivity index (χ3v) is 5.40. The van der Waals surface area contributed by atoms with Crippen molar-refractivity contribution in [2.24, 2.45) is 0 Å². The summed E-state index contributed by atoms with van der Waals surface area (Å²) in [5.74, 6) is 0. The average molecular weight is 417 g/mol. The maximum atomic E-state index is 6.18. The average Bonchev–Trinajstić information content (AvgIpc) is 3.20. The molecule has 3 aromatic rings. The molecule has 3 rings (SSSR count). The van der Waals surface area contributed by atoms with Gasteiger partial charge in [0.25, 0.3) is 0 Å². The zero-order chi connectivity index (χ0) is 20.1. The van der Waals surface area contributed by atoms with Gasteiger partial charge in [-0.25, -0.2) is 0 Å². The fourth-order valence-electron chi connectivity index (χ4n) is 2.98. The lowest BCUT2D eigenvalue weighted by Gasteiger charge is -2.09. The molecule has 8 heteroatoms. The molecule has 0 radical (unpaired) electrons. The number of nitrogens with one attached hydrogen (secondary N) is 2. The Morgan fingerprint density at radius 2 is 2.00 bits per heavy atom. The minimum Gasteiger partial charge on any atom is -0.362 e. The van der Waals surface area contributed by atoms with E-state index in [1.54, 1.807) is 6.20 Å². The minimum atomic E-state index is 0.585. The molecule has 0 saturated carbocycles. The van der Waals surface area contributed by atoms with Crippen LogP contribution in [0, 0.1) is 20.8 Å². The van der Waals surface area contributed by atoms with E-state index >= 15 is 0 Å². The number of aryl methyl sites for hydroxylation is 3. The molecule has 0 aliphatic carbocycles. The number of rotatable bonds is 7. The van der Waals surface area contributed by atoms with Gasteiger partial charge in [-0.3, -0.25) is 9.36 Å². The third kappa shape index (κ3) is 5.11. The number of aromatic nitrogens is 4. The molecule has 0 atom stereocenters. The molecule has 0 amide bonds. The maximum Gasteiger partial charge on any atom is 0.170 e. The molecule has 148 valence electrons. The van der Waals surface area contributed by atoms with E-state index in [0.29, 0.717) is 5.11 Å². The van der Waals surface area contributed by atoms with Crippen LogP contribution in [0.3, 0.4) is 0 Å². The molecule has 6 nitrogen and oxygen atoms in total. The fraction of sp³-hybridized carbons (Fsp3) is 0.350. The van der Waals surface area contributed by atoms with E-state index in [0.717, 1.165) is 48.2 Å². The van der Waals surface area contributed by atoms with Crippen LogP contribution in [0.4, 0.5) is 5.69 Å². The Labute approximate surface area is 175 Å². The highest BCUT2D eigenvalue weighted by molar-refractivity contribution is 7.80. The number of nitrogens with zero attached hydrogens (tertiary/aromatic N) is 4. The summed E-state index contributed by atoms with van der Waals surface area (Å²) in [5, 5.41) is 16.6. The first-order chi connectivity index (χ1) is 13.4. The number of thiocarbonyl (C=S) groups is 1. The number of anilines is 1. The summed E-state index contributed by atoms with van der Waals surface area (Å²) in [6.45, 7) is 8.29. The van der Waals surface area contributed by atoms with Crippen LogP contribution in [0.15, 0.2) is 36.7 Å². The first-order valence-electron chi connectivity index (χ1n) is 9.25. The summed E-state index contributed by atoms with van der Waals surface area (Å²) in [4.78, 5) is 0. The molecule has 2 aromatic heterocycles. The highest BCUT2D eigenvalue weighted by Crippen LogP contribution is 2.18. The van der Waals surface area contributed by atoms with Gasteiger partial charge in [-0.05, 0) is 50.5 Å². The first-order valence-corrected chi connectivity index (χ1v) is 10.0. The van der Waals surface area contributed by atoms with Gasteiger partial charge in [-0.1, -0.05) is 35.9 Å². The van der Waals surface area contributed by atoms with Crippen molar-refractivity contribution in [3.8, 4) is 0 Å². The van der Waals surface area contributed by atoms with E-state index in [4.69, 9.17) is 23.8 Å². The van der Waals surface area contributed by atoms with E-state index in [1.165, 1.54) is 11.1 Å². The molecule has 0 aliphatic rings. The summed E-state index contributed by atoms with van der Waals surface area (Å²) in [7, 11) is 0. The second-order valence-corrected chi connectivity index (χ2v) is 7.58. The highest BCUT2D eigenvalue weighted by Gasteiger charge is 2.08. The molecule has 0 spiro atoms. The van der Waals surface area contributed by atoms with Crippen molar-refractivity contribution in [1.29, 1.82) is 0 Å². The van der Waals surface area contributed by atoms with Gasteiger partial charge in [0.05, 0.1) is 34.8 Å². The Morgan fingerprint density at radius 1 is 1.21 bits per heavy atom. The van der Waals surface area contributed by atoms with Gasteiger partial charge in [0.1, 0.15) is 0 Å². The van der Waals surface area contributed by atoms with Crippen LogP contribution in [0.5, 0.6) is 0 Å². The lowest BCUT2D eigenvalue weighted by molar-refractivity contribution is 0.558. The molecule has 0 aliphatic heterocycles. The summed E-state index contributed by atoms with van der Waals surface area (Å²) < 4.78 is 3.84.